The number of anilines is 2. The van der Waals surface area contributed by atoms with Gasteiger partial charge in [0.15, 0.2) is 0 Å². The smallest absolute Gasteiger partial charge is 0.262 e. The van der Waals surface area contributed by atoms with E-state index in [1.54, 1.807) is 6.92 Å². The molecule has 4 nitrogen and oxygen atoms in total. The zero-order valence-electron chi connectivity index (χ0n) is 11.4. The van der Waals surface area contributed by atoms with Crippen molar-refractivity contribution in [1.29, 1.82) is 0 Å². The van der Waals surface area contributed by atoms with Crippen LogP contribution in [0.2, 0.25) is 5.02 Å². The number of hydrogen-bond donors (Lipinski definition) is 2. The highest BCUT2D eigenvalue weighted by Gasteiger charge is 2.20. The van der Waals surface area contributed by atoms with Crippen molar-refractivity contribution in [2.24, 2.45) is 0 Å². The number of aryl methyl sites for hydroxylation is 1. The molecule has 0 saturated heterocycles. The lowest BCUT2D eigenvalue weighted by Gasteiger charge is -2.13. The van der Waals surface area contributed by atoms with Gasteiger partial charge in [0, 0.05) is 5.56 Å². The maximum absolute atomic E-state index is 13.5. The van der Waals surface area contributed by atoms with Crippen LogP contribution in [-0.2, 0) is 10.0 Å². The van der Waals surface area contributed by atoms with Crippen molar-refractivity contribution < 1.29 is 12.8 Å². The molecule has 0 aliphatic rings. The fourth-order valence-electron chi connectivity index (χ4n) is 1.88. The molecular formula is C14H14ClFN2O2S. The van der Waals surface area contributed by atoms with Gasteiger partial charge in [0.25, 0.3) is 10.0 Å². The van der Waals surface area contributed by atoms with Crippen LogP contribution in [0.3, 0.4) is 0 Å². The Labute approximate surface area is 127 Å². The summed E-state index contributed by atoms with van der Waals surface area (Å²) in [5.74, 6) is -0.484. The molecule has 0 spiro atoms. The monoisotopic (exact) mass is 328 g/mol. The quantitative estimate of drug-likeness (QED) is 0.847. The van der Waals surface area contributed by atoms with E-state index < -0.39 is 15.8 Å². The molecule has 2 aromatic carbocycles. The summed E-state index contributed by atoms with van der Waals surface area (Å²) in [5.41, 5.74) is 6.68. The van der Waals surface area contributed by atoms with E-state index in [0.29, 0.717) is 5.56 Å². The van der Waals surface area contributed by atoms with Crippen molar-refractivity contribution in [3.63, 3.8) is 0 Å². The van der Waals surface area contributed by atoms with Crippen LogP contribution in [0.1, 0.15) is 11.1 Å². The van der Waals surface area contributed by atoms with Gasteiger partial charge in [0.2, 0.25) is 0 Å². The molecule has 2 aromatic rings. The van der Waals surface area contributed by atoms with E-state index in [1.807, 2.05) is 0 Å². The Morgan fingerprint density at radius 1 is 1.24 bits per heavy atom. The summed E-state index contributed by atoms with van der Waals surface area (Å²) in [4.78, 5) is 0.00746. The van der Waals surface area contributed by atoms with Crippen molar-refractivity contribution >= 4 is 33.0 Å². The van der Waals surface area contributed by atoms with Gasteiger partial charge in [-0.25, -0.2) is 12.8 Å². The van der Waals surface area contributed by atoms with Crippen molar-refractivity contribution in [3.05, 3.63) is 52.3 Å². The highest BCUT2D eigenvalue weighted by molar-refractivity contribution is 7.92. The number of benzene rings is 2. The molecule has 3 N–H and O–H groups in total. The van der Waals surface area contributed by atoms with E-state index in [9.17, 15) is 12.8 Å². The normalized spacial score (nSPS) is 11.4. The molecule has 0 heterocycles. The molecule has 0 bridgehead atoms. The number of nitrogens with one attached hydrogen (secondary N) is 1. The van der Waals surface area contributed by atoms with Gasteiger partial charge in [0.05, 0.1) is 21.3 Å². The molecule has 0 atom stereocenters. The molecule has 0 saturated carbocycles. The number of sulfonamides is 1. The van der Waals surface area contributed by atoms with Crippen LogP contribution in [0, 0.1) is 19.7 Å². The van der Waals surface area contributed by atoms with Gasteiger partial charge in [-0.3, -0.25) is 4.72 Å². The van der Waals surface area contributed by atoms with Crippen LogP contribution >= 0.6 is 11.6 Å². The maximum atomic E-state index is 13.5. The Morgan fingerprint density at radius 2 is 1.90 bits per heavy atom. The lowest BCUT2D eigenvalue weighted by atomic mass is 10.2. The second kappa shape index (κ2) is 5.54. The average Bonchev–Trinajstić information content (AvgIpc) is 2.39. The van der Waals surface area contributed by atoms with Gasteiger partial charge in [-0.2, -0.15) is 0 Å². The molecule has 112 valence electrons. The number of hydrogen-bond acceptors (Lipinski definition) is 3. The van der Waals surface area contributed by atoms with Gasteiger partial charge in [-0.05, 0) is 43.7 Å². The first-order chi connectivity index (χ1) is 9.72. The highest BCUT2D eigenvalue weighted by atomic mass is 35.5. The third-order valence-corrected chi connectivity index (χ3v) is 4.93. The maximum Gasteiger partial charge on any atom is 0.262 e. The van der Waals surface area contributed by atoms with E-state index in [2.05, 4.69) is 4.72 Å². The molecule has 21 heavy (non-hydrogen) atoms. The minimum atomic E-state index is -3.88. The Kier molecular flexibility index (Phi) is 4.11. The first kappa shape index (κ1) is 15.6. The zero-order chi connectivity index (χ0) is 15.8. The van der Waals surface area contributed by atoms with Crippen molar-refractivity contribution in [2.45, 2.75) is 18.7 Å². The van der Waals surface area contributed by atoms with Crippen LogP contribution in [0.5, 0.6) is 0 Å². The largest absolute Gasteiger partial charge is 0.397 e. The van der Waals surface area contributed by atoms with E-state index in [-0.39, 0.29) is 26.9 Å². The third-order valence-electron chi connectivity index (χ3n) is 3.10. The fourth-order valence-corrected chi connectivity index (χ4v) is 3.48. The lowest BCUT2D eigenvalue weighted by molar-refractivity contribution is 0.600. The summed E-state index contributed by atoms with van der Waals surface area (Å²) < 4.78 is 40.7. The van der Waals surface area contributed by atoms with Gasteiger partial charge >= 0.3 is 0 Å². The summed E-state index contributed by atoms with van der Waals surface area (Å²) in [6.45, 7) is 3.11. The highest BCUT2D eigenvalue weighted by Crippen LogP contribution is 2.28. The molecule has 0 aliphatic carbocycles. The second-order valence-electron chi connectivity index (χ2n) is 4.66. The molecule has 0 radical (unpaired) electrons. The minimum absolute atomic E-state index is 0.00746. The Morgan fingerprint density at radius 3 is 2.57 bits per heavy atom. The van der Waals surface area contributed by atoms with Crippen LogP contribution in [0.15, 0.2) is 35.2 Å². The predicted octanol–water partition coefficient (Wildman–Crippen LogP) is 3.48. The SMILES string of the molecule is Cc1cc(Cl)c(N)cc1S(=O)(=O)Nc1cccc(F)c1C. The van der Waals surface area contributed by atoms with Crippen molar-refractivity contribution in [2.75, 3.05) is 10.5 Å². The molecule has 0 unspecified atom stereocenters. The van der Waals surface area contributed by atoms with E-state index in [0.717, 1.165) is 0 Å². The van der Waals surface area contributed by atoms with Gasteiger partial charge in [0.1, 0.15) is 5.82 Å². The molecule has 0 amide bonds. The van der Waals surface area contributed by atoms with E-state index >= 15 is 0 Å². The van der Waals surface area contributed by atoms with Crippen molar-refractivity contribution in [3.8, 4) is 0 Å². The topological polar surface area (TPSA) is 72.2 Å². The summed E-state index contributed by atoms with van der Waals surface area (Å²) >= 11 is 5.85. The number of rotatable bonds is 3. The van der Waals surface area contributed by atoms with E-state index in [1.165, 1.54) is 37.3 Å². The minimum Gasteiger partial charge on any atom is -0.397 e. The Bertz CT molecular complexity index is 807. The molecule has 7 heteroatoms. The third kappa shape index (κ3) is 3.11. The predicted molar refractivity (Wildman–Crippen MR) is 82.5 cm³/mol. The number of halogens is 2. The number of nitrogen functional groups attached to an aromatic ring is 1. The van der Waals surface area contributed by atoms with Crippen LogP contribution < -0.4 is 10.5 Å². The molecule has 2 rings (SSSR count). The fraction of sp³-hybridized carbons (Fsp3) is 0.143. The first-order valence-corrected chi connectivity index (χ1v) is 7.92. The summed E-state index contributed by atoms with van der Waals surface area (Å²) in [6.07, 6.45) is 0. The lowest BCUT2D eigenvalue weighted by Crippen LogP contribution is -2.15. The summed E-state index contributed by atoms with van der Waals surface area (Å²) in [7, 11) is -3.88. The Hall–Kier alpha value is -1.79. The average molecular weight is 329 g/mol. The zero-order valence-corrected chi connectivity index (χ0v) is 13.0. The molecular weight excluding hydrogens is 315 g/mol. The second-order valence-corrected chi connectivity index (χ2v) is 6.72. The van der Waals surface area contributed by atoms with Crippen LogP contribution in [-0.4, -0.2) is 8.42 Å². The van der Waals surface area contributed by atoms with Gasteiger partial charge < -0.3 is 5.73 Å². The molecule has 0 fully saturated rings. The summed E-state index contributed by atoms with van der Waals surface area (Å²) in [5, 5.41) is 0.286. The van der Waals surface area contributed by atoms with Crippen LogP contribution in [0.25, 0.3) is 0 Å². The first-order valence-electron chi connectivity index (χ1n) is 6.06. The standard InChI is InChI=1S/C14H14ClFN2O2S/c1-8-6-10(15)12(17)7-14(8)21(19,20)18-13-5-3-4-11(16)9(13)2/h3-7,18H,17H2,1-2H3. The summed E-state index contributed by atoms with van der Waals surface area (Å²) in [6, 6.07) is 6.95. The van der Waals surface area contributed by atoms with Crippen LogP contribution in [0.4, 0.5) is 15.8 Å². The molecule has 0 aliphatic heterocycles. The van der Waals surface area contributed by atoms with Crippen molar-refractivity contribution in [1.82, 2.24) is 0 Å². The van der Waals surface area contributed by atoms with Gasteiger partial charge in [-0.15, -0.1) is 0 Å². The molecule has 0 aromatic heterocycles. The van der Waals surface area contributed by atoms with Gasteiger partial charge in [-0.1, -0.05) is 17.7 Å². The Balaban J connectivity index is 2.48. The van der Waals surface area contributed by atoms with E-state index in [4.69, 9.17) is 17.3 Å². The number of nitrogens with two attached hydrogens (primary N) is 1.